The van der Waals surface area contributed by atoms with Gasteiger partial charge in [-0.25, -0.2) is 9.59 Å². The predicted molar refractivity (Wildman–Crippen MR) is 103 cm³/mol. The van der Waals surface area contributed by atoms with E-state index in [0.717, 1.165) is 0 Å². The van der Waals surface area contributed by atoms with Crippen molar-refractivity contribution in [2.24, 2.45) is 0 Å². The molecule has 0 aliphatic carbocycles. The molecule has 150 valence electrons. The molecule has 2 rings (SSSR count). The highest BCUT2D eigenvalue weighted by Gasteiger charge is 2.29. The van der Waals surface area contributed by atoms with Gasteiger partial charge in [0.25, 0.3) is 5.91 Å². The number of hydrogen-bond acceptors (Lipinski definition) is 6. The van der Waals surface area contributed by atoms with Gasteiger partial charge in [0, 0.05) is 5.69 Å². The molecule has 2 N–H and O–H groups in total. The Morgan fingerprint density at radius 2 is 1.50 bits per heavy atom. The average Bonchev–Trinajstić information content (AvgIpc) is 3.01. The van der Waals surface area contributed by atoms with Crippen LogP contribution in [0.1, 0.15) is 57.7 Å². The summed E-state index contributed by atoms with van der Waals surface area (Å²) in [5.41, 5.74) is 0.796. The van der Waals surface area contributed by atoms with E-state index in [2.05, 4.69) is 10.3 Å². The monoisotopic (exact) mass is 388 g/mol. The van der Waals surface area contributed by atoms with Crippen LogP contribution in [0.15, 0.2) is 24.3 Å². The minimum absolute atomic E-state index is 0.00772. The Morgan fingerprint density at radius 1 is 0.893 bits per heavy atom. The lowest BCUT2D eigenvalue weighted by molar-refractivity contribution is 0.0517. The third-order valence-electron chi connectivity index (χ3n) is 3.86. The van der Waals surface area contributed by atoms with Crippen molar-refractivity contribution < 1.29 is 28.6 Å². The van der Waals surface area contributed by atoms with E-state index in [1.54, 1.807) is 45.0 Å². The average molecular weight is 388 g/mol. The van der Waals surface area contributed by atoms with Gasteiger partial charge in [-0.1, -0.05) is 0 Å². The molecule has 8 heteroatoms. The van der Waals surface area contributed by atoms with E-state index in [9.17, 15) is 14.4 Å². The Hall–Kier alpha value is -3.29. The Bertz CT molecular complexity index is 854. The summed E-state index contributed by atoms with van der Waals surface area (Å²) in [7, 11) is 0. The molecule has 0 atom stereocenters. The fourth-order valence-corrected chi connectivity index (χ4v) is 2.62. The van der Waals surface area contributed by atoms with Crippen molar-refractivity contribution in [2.45, 2.75) is 27.7 Å². The zero-order valence-electron chi connectivity index (χ0n) is 16.4. The highest BCUT2D eigenvalue weighted by Crippen LogP contribution is 2.23. The van der Waals surface area contributed by atoms with Crippen molar-refractivity contribution in [2.75, 3.05) is 25.1 Å². The van der Waals surface area contributed by atoms with Gasteiger partial charge < -0.3 is 24.5 Å². The number of ether oxygens (including phenoxy) is 3. The van der Waals surface area contributed by atoms with Crippen LogP contribution in [0.3, 0.4) is 0 Å². The molecule has 8 nitrogen and oxygen atoms in total. The molecule has 0 aliphatic heterocycles. The smallest absolute Gasteiger partial charge is 0.355 e. The van der Waals surface area contributed by atoms with Gasteiger partial charge in [0.2, 0.25) is 0 Å². The number of benzene rings is 1. The second kappa shape index (κ2) is 9.59. The maximum atomic E-state index is 12.8. The maximum Gasteiger partial charge on any atom is 0.355 e. The zero-order valence-corrected chi connectivity index (χ0v) is 16.4. The normalized spacial score (nSPS) is 10.3. The van der Waals surface area contributed by atoms with Gasteiger partial charge in [-0.3, -0.25) is 4.79 Å². The van der Waals surface area contributed by atoms with E-state index in [1.165, 1.54) is 0 Å². The standard InChI is InChI=1S/C20H24N2O6/c1-5-26-14-10-8-13(9-11-14)21-18(23)17-15(19(24)27-6-2)12(4)16(22-17)20(25)28-7-3/h8-11,22H,5-7H2,1-4H3,(H,21,23). The van der Waals surface area contributed by atoms with Crippen LogP contribution in [0.2, 0.25) is 0 Å². The summed E-state index contributed by atoms with van der Waals surface area (Å²) in [6.07, 6.45) is 0. The van der Waals surface area contributed by atoms with Crippen LogP contribution >= 0.6 is 0 Å². The lowest BCUT2D eigenvalue weighted by atomic mass is 10.1. The first-order chi connectivity index (χ1) is 13.4. The number of aromatic amines is 1. The van der Waals surface area contributed by atoms with Gasteiger partial charge in [-0.05, 0) is 57.5 Å². The molecule has 0 bridgehead atoms. The van der Waals surface area contributed by atoms with E-state index in [1.807, 2.05) is 6.92 Å². The van der Waals surface area contributed by atoms with E-state index in [-0.39, 0.29) is 30.2 Å². The summed E-state index contributed by atoms with van der Waals surface area (Å²) < 4.78 is 15.4. The fourth-order valence-electron chi connectivity index (χ4n) is 2.62. The Balaban J connectivity index is 2.35. The number of esters is 2. The van der Waals surface area contributed by atoms with E-state index >= 15 is 0 Å². The lowest BCUT2D eigenvalue weighted by Gasteiger charge is -2.08. The Morgan fingerprint density at radius 3 is 2.07 bits per heavy atom. The number of rotatable bonds is 8. The van der Waals surface area contributed by atoms with Gasteiger partial charge >= 0.3 is 11.9 Å². The van der Waals surface area contributed by atoms with Crippen LogP contribution in [0.4, 0.5) is 5.69 Å². The zero-order chi connectivity index (χ0) is 20.7. The molecular weight excluding hydrogens is 364 g/mol. The van der Waals surface area contributed by atoms with Crippen LogP contribution in [0, 0.1) is 6.92 Å². The topological polar surface area (TPSA) is 107 Å². The summed E-state index contributed by atoms with van der Waals surface area (Å²) in [6.45, 7) is 7.60. The number of nitrogens with one attached hydrogen (secondary N) is 2. The number of anilines is 1. The van der Waals surface area contributed by atoms with Gasteiger partial charge in [-0.15, -0.1) is 0 Å². The van der Waals surface area contributed by atoms with E-state index in [0.29, 0.717) is 23.6 Å². The SMILES string of the molecule is CCOC(=O)c1[nH]c(C(=O)Nc2ccc(OCC)cc2)c(C(=O)OCC)c1C. The summed E-state index contributed by atoms with van der Waals surface area (Å²) in [5, 5.41) is 2.69. The predicted octanol–water partition coefficient (Wildman–Crippen LogP) is 3.33. The minimum atomic E-state index is -0.691. The van der Waals surface area contributed by atoms with Gasteiger partial charge in [0.15, 0.2) is 0 Å². The second-order valence-electron chi connectivity index (χ2n) is 5.73. The van der Waals surface area contributed by atoms with Gasteiger partial charge in [0.05, 0.1) is 25.4 Å². The summed E-state index contributed by atoms with van der Waals surface area (Å²) in [6, 6.07) is 6.79. The highest BCUT2D eigenvalue weighted by molar-refractivity contribution is 6.12. The van der Waals surface area contributed by atoms with Crippen molar-refractivity contribution in [1.82, 2.24) is 4.98 Å². The largest absolute Gasteiger partial charge is 0.494 e. The van der Waals surface area contributed by atoms with Crippen molar-refractivity contribution in [3.05, 3.63) is 46.8 Å². The molecule has 1 amide bonds. The molecule has 1 aromatic carbocycles. The van der Waals surface area contributed by atoms with Crippen LogP contribution in [-0.2, 0) is 9.47 Å². The molecule has 0 radical (unpaired) electrons. The van der Waals surface area contributed by atoms with Crippen molar-refractivity contribution >= 4 is 23.5 Å². The summed E-state index contributed by atoms with van der Waals surface area (Å²) in [5.74, 6) is -1.24. The van der Waals surface area contributed by atoms with Crippen molar-refractivity contribution in [3.8, 4) is 5.75 Å². The van der Waals surface area contributed by atoms with Crippen LogP contribution < -0.4 is 10.1 Å². The number of amides is 1. The lowest BCUT2D eigenvalue weighted by Crippen LogP contribution is -2.17. The molecule has 0 unspecified atom stereocenters. The molecule has 0 aliphatic rings. The molecule has 0 saturated heterocycles. The maximum absolute atomic E-state index is 12.8. The number of aromatic nitrogens is 1. The first-order valence-corrected chi connectivity index (χ1v) is 9.03. The summed E-state index contributed by atoms with van der Waals surface area (Å²) >= 11 is 0. The first kappa shape index (κ1) is 21.0. The number of carbonyl (C=O) groups is 3. The van der Waals surface area contributed by atoms with Crippen molar-refractivity contribution in [1.29, 1.82) is 0 Å². The molecular formula is C20H24N2O6. The highest BCUT2D eigenvalue weighted by atomic mass is 16.5. The summed E-state index contributed by atoms with van der Waals surface area (Å²) in [4.78, 5) is 40.0. The van der Waals surface area contributed by atoms with Crippen LogP contribution in [0.25, 0.3) is 0 Å². The molecule has 28 heavy (non-hydrogen) atoms. The molecule has 0 saturated carbocycles. The third kappa shape index (κ3) is 4.70. The Labute approximate surface area is 163 Å². The van der Waals surface area contributed by atoms with Gasteiger partial charge in [-0.2, -0.15) is 0 Å². The quantitative estimate of drug-likeness (QED) is 0.672. The first-order valence-electron chi connectivity index (χ1n) is 9.03. The third-order valence-corrected chi connectivity index (χ3v) is 3.86. The number of H-pyrrole nitrogens is 1. The number of carbonyl (C=O) groups excluding carboxylic acids is 3. The molecule has 0 fully saturated rings. The Kier molecular flexibility index (Phi) is 7.20. The molecule has 0 spiro atoms. The molecule has 1 aromatic heterocycles. The van der Waals surface area contributed by atoms with Crippen LogP contribution in [-0.4, -0.2) is 42.7 Å². The van der Waals surface area contributed by atoms with Crippen LogP contribution in [0.5, 0.6) is 5.75 Å². The van der Waals surface area contributed by atoms with E-state index in [4.69, 9.17) is 14.2 Å². The van der Waals surface area contributed by atoms with Crippen molar-refractivity contribution in [3.63, 3.8) is 0 Å². The number of hydrogen-bond donors (Lipinski definition) is 2. The fraction of sp³-hybridized carbons (Fsp3) is 0.350. The van der Waals surface area contributed by atoms with E-state index < -0.39 is 17.8 Å². The second-order valence-corrected chi connectivity index (χ2v) is 5.73. The molecule has 1 heterocycles. The minimum Gasteiger partial charge on any atom is -0.494 e. The molecule has 2 aromatic rings. The van der Waals surface area contributed by atoms with Gasteiger partial charge in [0.1, 0.15) is 17.1 Å².